The van der Waals surface area contributed by atoms with Crippen LogP contribution in [0, 0.1) is 5.82 Å². The lowest BCUT2D eigenvalue weighted by molar-refractivity contribution is 0.0141. The summed E-state index contributed by atoms with van der Waals surface area (Å²) in [7, 11) is 0. The SMILES string of the molecule is Cl.Fc1ccccc1-c1[nH]c2cccc3c2c1CCC3N1CCOCC1. The van der Waals surface area contributed by atoms with Crippen molar-refractivity contribution in [2.45, 2.75) is 18.9 Å². The van der Waals surface area contributed by atoms with E-state index in [0.717, 1.165) is 50.4 Å². The van der Waals surface area contributed by atoms with Gasteiger partial charge in [0, 0.05) is 35.6 Å². The number of nitrogens with zero attached hydrogens (tertiary/aromatic N) is 1. The van der Waals surface area contributed by atoms with Crippen LogP contribution < -0.4 is 0 Å². The number of benzene rings is 2. The Morgan fingerprint density at radius 2 is 1.85 bits per heavy atom. The minimum atomic E-state index is -0.165. The number of halogens is 2. The first kappa shape index (κ1) is 17.5. The average molecular weight is 373 g/mol. The molecule has 3 aromatic rings. The van der Waals surface area contributed by atoms with E-state index in [9.17, 15) is 4.39 Å². The van der Waals surface area contributed by atoms with Crippen molar-refractivity contribution in [1.29, 1.82) is 0 Å². The third-order valence-corrected chi connectivity index (χ3v) is 5.62. The molecule has 1 unspecified atom stereocenters. The summed E-state index contributed by atoms with van der Waals surface area (Å²) >= 11 is 0. The maximum atomic E-state index is 14.4. The zero-order valence-corrected chi connectivity index (χ0v) is 15.3. The highest BCUT2D eigenvalue weighted by molar-refractivity contribution is 5.94. The van der Waals surface area contributed by atoms with Crippen molar-refractivity contribution in [2.75, 3.05) is 26.3 Å². The lowest BCUT2D eigenvalue weighted by atomic mass is 9.86. The standard InChI is InChI=1S/C21H21FN2O.ClH/c22-17-6-2-1-4-14(17)21-16-8-9-19(24-10-12-25-13-11-24)15-5-3-7-18(23-21)20(15)16;/h1-7,19,23H,8-13H2;1H. The first-order valence-electron chi connectivity index (χ1n) is 9.03. The zero-order valence-electron chi connectivity index (χ0n) is 14.5. The van der Waals surface area contributed by atoms with E-state index in [1.807, 2.05) is 12.1 Å². The van der Waals surface area contributed by atoms with Crippen molar-refractivity contribution in [1.82, 2.24) is 9.88 Å². The average Bonchev–Trinajstić information content (AvgIpc) is 3.04. The van der Waals surface area contributed by atoms with E-state index in [1.165, 1.54) is 22.6 Å². The van der Waals surface area contributed by atoms with Crippen molar-refractivity contribution in [2.24, 2.45) is 0 Å². The molecule has 1 aromatic heterocycles. The van der Waals surface area contributed by atoms with Crippen molar-refractivity contribution in [3.63, 3.8) is 0 Å². The quantitative estimate of drug-likeness (QED) is 0.705. The van der Waals surface area contributed by atoms with Gasteiger partial charge in [0.2, 0.25) is 0 Å². The number of ether oxygens (including phenoxy) is 1. The van der Waals surface area contributed by atoms with E-state index in [1.54, 1.807) is 6.07 Å². The molecule has 0 spiro atoms. The van der Waals surface area contributed by atoms with Crippen LogP contribution in [0.2, 0.25) is 0 Å². The van der Waals surface area contributed by atoms with Crippen molar-refractivity contribution in [3.8, 4) is 11.3 Å². The number of hydrogen-bond donors (Lipinski definition) is 1. The topological polar surface area (TPSA) is 28.3 Å². The lowest BCUT2D eigenvalue weighted by Crippen LogP contribution is -2.40. The van der Waals surface area contributed by atoms with Gasteiger partial charge in [-0.05, 0) is 42.2 Å². The molecule has 5 rings (SSSR count). The molecule has 5 heteroatoms. The number of aromatic nitrogens is 1. The van der Waals surface area contributed by atoms with Crippen LogP contribution in [0.3, 0.4) is 0 Å². The fourth-order valence-corrected chi connectivity index (χ4v) is 4.47. The fraction of sp³-hybridized carbons (Fsp3) is 0.333. The van der Waals surface area contributed by atoms with Gasteiger partial charge in [-0.1, -0.05) is 24.3 Å². The van der Waals surface area contributed by atoms with Crippen molar-refractivity contribution in [3.05, 3.63) is 59.4 Å². The number of aryl methyl sites for hydroxylation is 1. The highest BCUT2D eigenvalue weighted by atomic mass is 35.5. The number of rotatable bonds is 2. The molecular weight excluding hydrogens is 351 g/mol. The maximum absolute atomic E-state index is 14.4. The van der Waals surface area contributed by atoms with E-state index in [4.69, 9.17) is 4.74 Å². The summed E-state index contributed by atoms with van der Waals surface area (Å²) in [4.78, 5) is 6.03. The maximum Gasteiger partial charge on any atom is 0.132 e. The zero-order chi connectivity index (χ0) is 16.8. The van der Waals surface area contributed by atoms with Crippen LogP contribution in [0.25, 0.3) is 22.2 Å². The predicted molar refractivity (Wildman–Crippen MR) is 104 cm³/mol. The third-order valence-electron chi connectivity index (χ3n) is 5.62. The molecule has 2 heterocycles. The molecule has 26 heavy (non-hydrogen) atoms. The molecule has 2 aliphatic rings. The van der Waals surface area contributed by atoms with Gasteiger partial charge in [0.05, 0.1) is 18.9 Å². The molecule has 1 fully saturated rings. The van der Waals surface area contributed by atoms with Gasteiger partial charge in [0.1, 0.15) is 5.82 Å². The first-order chi connectivity index (χ1) is 12.3. The second kappa shape index (κ2) is 7.03. The van der Waals surface area contributed by atoms with Gasteiger partial charge in [0.15, 0.2) is 0 Å². The molecule has 0 saturated carbocycles. The van der Waals surface area contributed by atoms with Crippen LogP contribution in [-0.4, -0.2) is 36.2 Å². The van der Waals surface area contributed by atoms with E-state index < -0.39 is 0 Å². The van der Waals surface area contributed by atoms with Gasteiger partial charge in [-0.15, -0.1) is 12.4 Å². The Labute approximate surface area is 158 Å². The Bertz CT molecular complexity index is 933. The molecule has 3 nitrogen and oxygen atoms in total. The summed E-state index contributed by atoms with van der Waals surface area (Å²) in [6.07, 6.45) is 2.05. The van der Waals surface area contributed by atoms with Crippen molar-refractivity contribution >= 4 is 23.3 Å². The van der Waals surface area contributed by atoms with Crippen LogP contribution in [0.4, 0.5) is 4.39 Å². The number of aromatic amines is 1. The van der Waals surface area contributed by atoms with Crippen LogP contribution >= 0.6 is 12.4 Å². The Kier molecular flexibility index (Phi) is 4.74. The molecule has 0 amide bonds. The van der Waals surface area contributed by atoms with Crippen LogP contribution in [-0.2, 0) is 11.2 Å². The normalized spacial score (nSPS) is 20.1. The van der Waals surface area contributed by atoms with E-state index >= 15 is 0 Å². The molecule has 1 saturated heterocycles. The second-order valence-electron chi connectivity index (χ2n) is 6.93. The van der Waals surface area contributed by atoms with Gasteiger partial charge in [-0.25, -0.2) is 4.39 Å². The highest BCUT2D eigenvalue weighted by Crippen LogP contribution is 2.43. The number of morpholine rings is 1. The summed E-state index contributed by atoms with van der Waals surface area (Å²) < 4.78 is 19.9. The van der Waals surface area contributed by atoms with Crippen LogP contribution in [0.5, 0.6) is 0 Å². The third kappa shape index (κ3) is 2.73. The summed E-state index contributed by atoms with van der Waals surface area (Å²) in [5.74, 6) is -0.165. The van der Waals surface area contributed by atoms with Crippen molar-refractivity contribution < 1.29 is 9.13 Å². The molecule has 0 bridgehead atoms. The van der Waals surface area contributed by atoms with Crippen LogP contribution in [0.15, 0.2) is 42.5 Å². The number of H-pyrrole nitrogens is 1. The first-order valence-corrected chi connectivity index (χ1v) is 9.03. The lowest BCUT2D eigenvalue weighted by Gasteiger charge is -2.37. The Morgan fingerprint density at radius 1 is 1.04 bits per heavy atom. The molecular formula is C21H22ClFN2O. The highest BCUT2D eigenvalue weighted by Gasteiger charge is 2.30. The Hall–Kier alpha value is -1.88. The minimum Gasteiger partial charge on any atom is -0.379 e. The Balaban J connectivity index is 0.00000168. The Morgan fingerprint density at radius 3 is 2.65 bits per heavy atom. The largest absolute Gasteiger partial charge is 0.379 e. The molecule has 1 aliphatic heterocycles. The monoisotopic (exact) mass is 372 g/mol. The van der Waals surface area contributed by atoms with Crippen LogP contribution in [0.1, 0.15) is 23.6 Å². The van der Waals surface area contributed by atoms with Gasteiger partial charge < -0.3 is 9.72 Å². The summed E-state index contributed by atoms with van der Waals surface area (Å²) in [5.41, 5.74) is 5.37. The summed E-state index contributed by atoms with van der Waals surface area (Å²) in [6, 6.07) is 13.9. The molecule has 1 N–H and O–H groups in total. The smallest absolute Gasteiger partial charge is 0.132 e. The molecule has 0 radical (unpaired) electrons. The van der Waals surface area contributed by atoms with Gasteiger partial charge in [0.25, 0.3) is 0 Å². The summed E-state index contributed by atoms with van der Waals surface area (Å²) in [6.45, 7) is 3.60. The molecule has 1 atom stereocenters. The number of hydrogen-bond acceptors (Lipinski definition) is 2. The van der Waals surface area contributed by atoms with Gasteiger partial charge in [-0.3, -0.25) is 4.90 Å². The fourth-order valence-electron chi connectivity index (χ4n) is 4.47. The van der Waals surface area contributed by atoms with E-state index in [-0.39, 0.29) is 18.2 Å². The molecule has 2 aromatic carbocycles. The van der Waals surface area contributed by atoms with Gasteiger partial charge >= 0.3 is 0 Å². The molecule has 136 valence electrons. The van der Waals surface area contributed by atoms with E-state index in [2.05, 4.69) is 28.1 Å². The minimum absolute atomic E-state index is 0. The van der Waals surface area contributed by atoms with E-state index in [0.29, 0.717) is 11.6 Å². The summed E-state index contributed by atoms with van der Waals surface area (Å²) in [5, 5.41) is 1.29. The predicted octanol–water partition coefficient (Wildman–Crippen LogP) is 4.72. The number of nitrogens with one attached hydrogen (secondary N) is 1. The molecule has 1 aliphatic carbocycles. The second-order valence-corrected chi connectivity index (χ2v) is 6.93. The van der Waals surface area contributed by atoms with Gasteiger partial charge in [-0.2, -0.15) is 0 Å².